The number of carbonyl (C=O) groups is 2. The molecule has 6 nitrogen and oxygen atoms in total. The van der Waals surface area contributed by atoms with Gasteiger partial charge in [-0.05, 0) is 60.5 Å². The molecule has 3 aromatic rings. The summed E-state index contributed by atoms with van der Waals surface area (Å²) in [5, 5.41) is 2.30. The quantitative estimate of drug-likeness (QED) is 0.347. The number of aliphatic imine (C=N–C) groups is 1. The van der Waals surface area contributed by atoms with Crippen molar-refractivity contribution in [1.82, 2.24) is 4.90 Å². The van der Waals surface area contributed by atoms with E-state index in [0.29, 0.717) is 18.0 Å². The zero-order valence-corrected chi connectivity index (χ0v) is 21.4. The van der Waals surface area contributed by atoms with E-state index >= 15 is 0 Å². The Kier molecular flexibility index (Phi) is 8.73. The van der Waals surface area contributed by atoms with Crippen molar-refractivity contribution in [2.24, 2.45) is 4.99 Å². The fourth-order valence-electron chi connectivity index (χ4n) is 3.68. The van der Waals surface area contributed by atoms with E-state index in [1.165, 1.54) is 17.0 Å². The molecule has 3 aromatic carbocycles. The summed E-state index contributed by atoms with van der Waals surface area (Å²) in [7, 11) is 0. The lowest BCUT2D eigenvalue weighted by Crippen LogP contribution is -2.44. The summed E-state index contributed by atoms with van der Waals surface area (Å²) in [6.07, 6.45) is -3.64. The molecule has 10 heteroatoms. The zero-order chi connectivity index (χ0) is 27.1. The van der Waals surface area contributed by atoms with E-state index in [-0.39, 0.29) is 35.6 Å². The minimum absolute atomic E-state index is 0.0486. The van der Waals surface area contributed by atoms with Gasteiger partial charge in [0.2, 0.25) is 11.8 Å². The van der Waals surface area contributed by atoms with Crippen LogP contribution in [0.3, 0.4) is 0 Å². The SMILES string of the molecule is CCCOc1ccc(NC(=O)C2CC(=O)N(Cc3ccccc3)C(=Nc3ccc(C(F)(F)F)cc3)S2)cc1. The van der Waals surface area contributed by atoms with Crippen LogP contribution in [0.25, 0.3) is 0 Å². The molecular weight excluding hydrogens is 515 g/mol. The lowest BCUT2D eigenvalue weighted by molar-refractivity contribution is -0.137. The third kappa shape index (κ3) is 7.16. The number of hydrogen-bond donors (Lipinski definition) is 1. The van der Waals surface area contributed by atoms with Crippen LogP contribution in [-0.4, -0.2) is 33.7 Å². The summed E-state index contributed by atoms with van der Waals surface area (Å²) in [6, 6.07) is 20.6. The Morgan fingerprint density at radius 2 is 1.74 bits per heavy atom. The summed E-state index contributed by atoms with van der Waals surface area (Å²) in [4.78, 5) is 32.2. The van der Waals surface area contributed by atoms with Crippen molar-refractivity contribution in [3.05, 3.63) is 90.0 Å². The van der Waals surface area contributed by atoms with Crippen LogP contribution in [0.15, 0.2) is 83.9 Å². The van der Waals surface area contributed by atoms with Crippen LogP contribution in [0.4, 0.5) is 24.5 Å². The van der Waals surface area contributed by atoms with Gasteiger partial charge in [-0.2, -0.15) is 13.2 Å². The van der Waals surface area contributed by atoms with Crippen molar-refractivity contribution in [2.75, 3.05) is 11.9 Å². The van der Waals surface area contributed by atoms with Gasteiger partial charge in [0, 0.05) is 12.1 Å². The summed E-state index contributed by atoms with van der Waals surface area (Å²) in [5.41, 5.74) is 0.864. The molecular formula is C28H26F3N3O3S. The maximum Gasteiger partial charge on any atom is 0.416 e. The Hall–Kier alpha value is -3.79. The molecule has 38 heavy (non-hydrogen) atoms. The second kappa shape index (κ2) is 12.2. The molecule has 0 bridgehead atoms. The Labute approximate surface area is 222 Å². The van der Waals surface area contributed by atoms with Crippen molar-refractivity contribution < 1.29 is 27.5 Å². The lowest BCUT2D eigenvalue weighted by atomic mass is 10.2. The predicted octanol–water partition coefficient (Wildman–Crippen LogP) is 6.65. The molecule has 0 aliphatic carbocycles. The second-order valence-electron chi connectivity index (χ2n) is 8.58. The Morgan fingerprint density at radius 3 is 2.37 bits per heavy atom. The standard InChI is InChI=1S/C28H26F3N3O3S/c1-2-16-37-23-14-12-21(13-15-23)32-26(36)24-17-25(35)34(18-19-6-4-3-5-7-19)27(38-24)33-22-10-8-20(9-11-22)28(29,30)31/h3-15,24H,2,16-18H2,1H3,(H,32,36). The molecule has 0 radical (unpaired) electrons. The first-order valence-electron chi connectivity index (χ1n) is 12.0. The number of rotatable bonds is 8. The molecule has 4 rings (SSSR count). The van der Waals surface area contributed by atoms with Gasteiger partial charge in [0.1, 0.15) is 11.0 Å². The Balaban J connectivity index is 1.55. The van der Waals surface area contributed by atoms with Crippen LogP contribution in [-0.2, 0) is 22.3 Å². The maximum atomic E-state index is 13.2. The number of carbonyl (C=O) groups excluding carboxylic acids is 2. The van der Waals surface area contributed by atoms with Gasteiger partial charge in [-0.15, -0.1) is 0 Å². The fourth-order valence-corrected chi connectivity index (χ4v) is 4.77. The normalized spacial score (nSPS) is 16.9. The monoisotopic (exact) mass is 541 g/mol. The average Bonchev–Trinajstić information content (AvgIpc) is 2.90. The summed E-state index contributed by atoms with van der Waals surface area (Å²) in [6.45, 7) is 2.82. The van der Waals surface area contributed by atoms with Crippen LogP contribution >= 0.6 is 11.8 Å². The van der Waals surface area contributed by atoms with E-state index in [4.69, 9.17) is 4.74 Å². The molecule has 198 valence electrons. The number of anilines is 1. The average molecular weight is 542 g/mol. The van der Waals surface area contributed by atoms with Crippen molar-refractivity contribution in [1.29, 1.82) is 0 Å². The number of thioether (sulfide) groups is 1. The third-order valence-electron chi connectivity index (χ3n) is 5.63. The summed E-state index contributed by atoms with van der Waals surface area (Å²) in [5.74, 6) is 0.0152. The molecule has 0 aromatic heterocycles. The van der Waals surface area contributed by atoms with Crippen molar-refractivity contribution in [2.45, 2.75) is 37.7 Å². The van der Waals surface area contributed by atoms with E-state index < -0.39 is 17.0 Å². The van der Waals surface area contributed by atoms with Gasteiger partial charge in [0.25, 0.3) is 0 Å². The smallest absolute Gasteiger partial charge is 0.416 e. The van der Waals surface area contributed by atoms with Gasteiger partial charge in [0.15, 0.2) is 5.17 Å². The molecule has 0 saturated carbocycles. The molecule has 1 atom stereocenters. The highest BCUT2D eigenvalue weighted by Gasteiger charge is 2.36. The minimum Gasteiger partial charge on any atom is -0.494 e. The summed E-state index contributed by atoms with van der Waals surface area (Å²) >= 11 is 1.10. The number of alkyl halides is 3. The number of ether oxygens (including phenoxy) is 1. The van der Waals surface area contributed by atoms with Gasteiger partial charge >= 0.3 is 6.18 Å². The van der Waals surface area contributed by atoms with Gasteiger partial charge in [-0.3, -0.25) is 14.5 Å². The summed E-state index contributed by atoms with van der Waals surface area (Å²) < 4.78 is 44.5. The first-order chi connectivity index (χ1) is 18.2. The first kappa shape index (κ1) is 27.3. The van der Waals surface area contributed by atoms with Gasteiger partial charge in [-0.25, -0.2) is 4.99 Å². The molecule has 1 aliphatic rings. The van der Waals surface area contributed by atoms with Crippen molar-refractivity contribution in [3.63, 3.8) is 0 Å². The highest BCUT2D eigenvalue weighted by atomic mass is 32.2. The van der Waals surface area contributed by atoms with Gasteiger partial charge in [0.05, 0.1) is 24.4 Å². The fraction of sp³-hybridized carbons (Fsp3) is 0.250. The topological polar surface area (TPSA) is 71.0 Å². The number of halogens is 3. The van der Waals surface area contributed by atoms with Gasteiger partial charge in [-0.1, -0.05) is 49.0 Å². The molecule has 0 spiro atoms. The van der Waals surface area contributed by atoms with E-state index in [1.54, 1.807) is 24.3 Å². The molecule has 1 saturated heterocycles. The van der Waals surface area contributed by atoms with E-state index in [2.05, 4.69) is 10.3 Å². The molecule has 1 N–H and O–H groups in total. The number of amides is 2. The number of nitrogens with zero attached hydrogens (tertiary/aromatic N) is 2. The minimum atomic E-state index is -4.47. The largest absolute Gasteiger partial charge is 0.494 e. The molecule has 1 aliphatic heterocycles. The number of benzene rings is 3. The van der Waals surface area contributed by atoms with Crippen molar-refractivity contribution in [3.8, 4) is 5.75 Å². The molecule has 1 fully saturated rings. The van der Waals surface area contributed by atoms with Crippen LogP contribution in [0.5, 0.6) is 5.75 Å². The highest BCUT2D eigenvalue weighted by molar-refractivity contribution is 8.15. The predicted molar refractivity (Wildman–Crippen MR) is 142 cm³/mol. The van der Waals surface area contributed by atoms with Crippen LogP contribution in [0.2, 0.25) is 0 Å². The van der Waals surface area contributed by atoms with Crippen LogP contribution in [0.1, 0.15) is 30.9 Å². The molecule has 1 heterocycles. The van der Waals surface area contributed by atoms with Crippen LogP contribution < -0.4 is 10.1 Å². The molecule has 1 unspecified atom stereocenters. The first-order valence-corrected chi connectivity index (χ1v) is 12.9. The van der Waals surface area contributed by atoms with Crippen LogP contribution in [0, 0.1) is 0 Å². The molecule has 2 amide bonds. The number of nitrogens with one attached hydrogen (secondary N) is 1. The van der Waals surface area contributed by atoms with Crippen molar-refractivity contribution >= 4 is 40.1 Å². The Bertz CT molecular complexity index is 1280. The van der Waals surface area contributed by atoms with E-state index in [1.807, 2.05) is 37.3 Å². The van der Waals surface area contributed by atoms with Gasteiger partial charge < -0.3 is 10.1 Å². The number of amidine groups is 1. The zero-order valence-electron chi connectivity index (χ0n) is 20.6. The Morgan fingerprint density at radius 1 is 1.05 bits per heavy atom. The number of hydrogen-bond acceptors (Lipinski definition) is 5. The lowest BCUT2D eigenvalue weighted by Gasteiger charge is -2.32. The van der Waals surface area contributed by atoms with E-state index in [9.17, 15) is 22.8 Å². The highest BCUT2D eigenvalue weighted by Crippen LogP contribution is 2.33. The third-order valence-corrected chi connectivity index (χ3v) is 6.82. The van der Waals surface area contributed by atoms with E-state index in [0.717, 1.165) is 35.9 Å². The second-order valence-corrected chi connectivity index (χ2v) is 9.75. The maximum absolute atomic E-state index is 13.2.